The average molecular weight is 266 g/mol. The second-order valence-electron chi connectivity index (χ2n) is 4.76. The number of hydrogen-bond acceptors (Lipinski definition) is 4. The van der Waals surface area contributed by atoms with Gasteiger partial charge in [-0.05, 0) is 19.8 Å². The first-order valence-corrected chi connectivity index (χ1v) is 6.87. The van der Waals surface area contributed by atoms with Crippen molar-refractivity contribution in [1.82, 2.24) is 14.5 Å². The molecule has 1 amide bonds. The van der Waals surface area contributed by atoms with Gasteiger partial charge in [-0.2, -0.15) is 0 Å². The van der Waals surface area contributed by atoms with Gasteiger partial charge in [-0.3, -0.25) is 4.79 Å². The minimum absolute atomic E-state index is 0.0335. The predicted octanol–water partition coefficient (Wildman–Crippen LogP) is 0.483. The summed E-state index contributed by atoms with van der Waals surface area (Å²) >= 11 is 0. The van der Waals surface area contributed by atoms with Crippen molar-refractivity contribution in [2.24, 2.45) is 5.73 Å². The maximum atomic E-state index is 12.3. The summed E-state index contributed by atoms with van der Waals surface area (Å²) in [6.45, 7) is 5.32. The normalized spacial score (nSPS) is 18.7. The van der Waals surface area contributed by atoms with Gasteiger partial charge in [0.25, 0.3) is 5.91 Å². The Morgan fingerprint density at radius 3 is 3.16 bits per heavy atom. The Kier molecular flexibility index (Phi) is 4.93. The van der Waals surface area contributed by atoms with E-state index in [4.69, 9.17) is 10.5 Å². The van der Waals surface area contributed by atoms with E-state index in [1.165, 1.54) is 0 Å². The van der Waals surface area contributed by atoms with E-state index in [1.807, 2.05) is 11.5 Å². The van der Waals surface area contributed by atoms with Gasteiger partial charge in [-0.1, -0.05) is 0 Å². The lowest BCUT2D eigenvalue weighted by atomic mass is 10.2. The molecule has 1 saturated heterocycles. The molecule has 0 saturated carbocycles. The zero-order valence-electron chi connectivity index (χ0n) is 11.4. The number of nitrogens with two attached hydrogens (primary N) is 1. The van der Waals surface area contributed by atoms with E-state index in [1.54, 1.807) is 17.4 Å². The summed E-state index contributed by atoms with van der Waals surface area (Å²) in [4.78, 5) is 18.3. The fourth-order valence-corrected chi connectivity index (χ4v) is 2.29. The van der Waals surface area contributed by atoms with Crippen molar-refractivity contribution in [2.45, 2.75) is 32.4 Å². The van der Waals surface area contributed by atoms with Crippen molar-refractivity contribution in [3.8, 4) is 0 Å². The molecule has 1 aliphatic heterocycles. The van der Waals surface area contributed by atoms with Crippen LogP contribution in [0.1, 0.15) is 30.3 Å². The van der Waals surface area contributed by atoms with Crippen LogP contribution in [0.4, 0.5) is 0 Å². The molecule has 0 aromatic carbocycles. The molecule has 0 aliphatic carbocycles. The Bertz CT molecular complexity index is 413. The third kappa shape index (κ3) is 3.54. The third-order valence-electron chi connectivity index (χ3n) is 3.36. The minimum atomic E-state index is -0.0335. The zero-order chi connectivity index (χ0) is 13.7. The molecular formula is C13H22N4O2. The molecule has 2 N–H and O–H groups in total. The smallest absolute Gasteiger partial charge is 0.274 e. The lowest BCUT2D eigenvalue weighted by Crippen LogP contribution is -2.37. The molecule has 1 atom stereocenters. The van der Waals surface area contributed by atoms with Crippen LogP contribution in [-0.4, -0.2) is 52.7 Å². The number of carbonyl (C=O) groups is 1. The van der Waals surface area contributed by atoms with Gasteiger partial charge in [0.1, 0.15) is 5.69 Å². The number of ether oxygens (including phenoxy) is 1. The largest absolute Gasteiger partial charge is 0.376 e. The van der Waals surface area contributed by atoms with Crippen LogP contribution in [0, 0.1) is 0 Å². The summed E-state index contributed by atoms with van der Waals surface area (Å²) in [5.41, 5.74) is 5.96. The van der Waals surface area contributed by atoms with Crippen molar-refractivity contribution in [3.05, 3.63) is 18.2 Å². The number of likely N-dealkylation sites (N-methyl/N-ethyl adjacent to an activating group) is 1. The highest BCUT2D eigenvalue weighted by Crippen LogP contribution is 2.14. The maximum absolute atomic E-state index is 12.3. The van der Waals surface area contributed by atoms with Crippen molar-refractivity contribution in [1.29, 1.82) is 0 Å². The number of rotatable bonds is 6. The van der Waals surface area contributed by atoms with Gasteiger partial charge in [0.05, 0.1) is 12.4 Å². The number of amides is 1. The van der Waals surface area contributed by atoms with Crippen molar-refractivity contribution in [2.75, 3.05) is 26.2 Å². The van der Waals surface area contributed by atoms with Crippen LogP contribution in [0.25, 0.3) is 0 Å². The summed E-state index contributed by atoms with van der Waals surface area (Å²) in [6.07, 6.45) is 5.70. The molecule has 2 rings (SSSR count). The van der Waals surface area contributed by atoms with Crippen LogP contribution >= 0.6 is 0 Å². The molecule has 106 valence electrons. The lowest BCUT2D eigenvalue weighted by molar-refractivity contribution is 0.0535. The van der Waals surface area contributed by atoms with Gasteiger partial charge in [0.2, 0.25) is 0 Å². The highest BCUT2D eigenvalue weighted by atomic mass is 16.5. The van der Waals surface area contributed by atoms with Crippen LogP contribution in [-0.2, 0) is 11.3 Å². The highest BCUT2D eigenvalue weighted by molar-refractivity contribution is 5.92. The lowest BCUT2D eigenvalue weighted by Gasteiger charge is -2.23. The van der Waals surface area contributed by atoms with Gasteiger partial charge >= 0.3 is 0 Å². The molecular weight excluding hydrogens is 244 g/mol. The van der Waals surface area contributed by atoms with E-state index < -0.39 is 0 Å². The first-order chi connectivity index (χ1) is 9.24. The van der Waals surface area contributed by atoms with Crippen LogP contribution in [0.5, 0.6) is 0 Å². The number of imidazole rings is 1. The number of aromatic nitrogens is 2. The minimum Gasteiger partial charge on any atom is -0.376 e. The highest BCUT2D eigenvalue weighted by Gasteiger charge is 2.23. The number of carbonyl (C=O) groups excluding carboxylic acids is 1. The summed E-state index contributed by atoms with van der Waals surface area (Å²) in [5.74, 6) is -0.0335. The fourth-order valence-electron chi connectivity index (χ4n) is 2.29. The molecule has 0 bridgehead atoms. The van der Waals surface area contributed by atoms with Gasteiger partial charge in [0, 0.05) is 39.0 Å². The van der Waals surface area contributed by atoms with Crippen LogP contribution in [0.3, 0.4) is 0 Å². The van der Waals surface area contributed by atoms with Crippen LogP contribution in [0.15, 0.2) is 12.5 Å². The van der Waals surface area contributed by atoms with Gasteiger partial charge < -0.3 is 19.9 Å². The Hall–Kier alpha value is -1.40. The topological polar surface area (TPSA) is 73.4 Å². The quantitative estimate of drug-likeness (QED) is 0.813. The molecule has 1 aromatic heterocycles. The first kappa shape index (κ1) is 14.0. The second kappa shape index (κ2) is 6.68. The molecule has 6 nitrogen and oxygen atoms in total. The molecule has 19 heavy (non-hydrogen) atoms. The Morgan fingerprint density at radius 2 is 2.53 bits per heavy atom. The van der Waals surface area contributed by atoms with Gasteiger partial charge in [-0.15, -0.1) is 0 Å². The van der Waals surface area contributed by atoms with Gasteiger partial charge in [-0.25, -0.2) is 4.98 Å². The van der Waals surface area contributed by atoms with E-state index in [9.17, 15) is 4.79 Å². The van der Waals surface area contributed by atoms with Gasteiger partial charge in [0.15, 0.2) is 0 Å². The Balaban J connectivity index is 1.97. The molecule has 0 radical (unpaired) electrons. The van der Waals surface area contributed by atoms with Crippen LogP contribution < -0.4 is 5.73 Å². The summed E-state index contributed by atoms with van der Waals surface area (Å²) in [6, 6.07) is 0. The molecule has 2 heterocycles. The zero-order valence-corrected chi connectivity index (χ0v) is 11.4. The Labute approximate surface area is 113 Å². The predicted molar refractivity (Wildman–Crippen MR) is 71.8 cm³/mol. The molecule has 1 aromatic rings. The maximum Gasteiger partial charge on any atom is 0.274 e. The fraction of sp³-hybridized carbons (Fsp3) is 0.692. The number of nitrogens with zero attached hydrogens (tertiary/aromatic N) is 3. The second-order valence-corrected chi connectivity index (χ2v) is 4.76. The Morgan fingerprint density at radius 1 is 1.68 bits per heavy atom. The summed E-state index contributed by atoms with van der Waals surface area (Å²) < 4.78 is 7.42. The monoisotopic (exact) mass is 266 g/mol. The summed E-state index contributed by atoms with van der Waals surface area (Å²) in [5, 5.41) is 0. The molecule has 6 heteroatoms. The van der Waals surface area contributed by atoms with E-state index in [-0.39, 0.29) is 12.0 Å². The third-order valence-corrected chi connectivity index (χ3v) is 3.36. The molecule has 0 spiro atoms. The van der Waals surface area contributed by atoms with E-state index in [0.717, 1.165) is 19.4 Å². The molecule has 1 fully saturated rings. The summed E-state index contributed by atoms with van der Waals surface area (Å²) in [7, 11) is 0. The van der Waals surface area contributed by atoms with E-state index in [0.29, 0.717) is 31.9 Å². The SMILES string of the molecule is CCN(CC1CCCO1)C(=O)c1cn(CCN)cn1. The average Bonchev–Trinajstić information content (AvgIpc) is 3.06. The van der Waals surface area contributed by atoms with Crippen LogP contribution in [0.2, 0.25) is 0 Å². The van der Waals surface area contributed by atoms with Crippen molar-refractivity contribution < 1.29 is 9.53 Å². The molecule has 1 unspecified atom stereocenters. The number of hydrogen-bond donors (Lipinski definition) is 1. The molecule has 1 aliphatic rings. The van der Waals surface area contributed by atoms with Crippen molar-refractivity contribution >= 4 is 5.91 Å². The van der Waals surface area contributed by atoms with E-state index >= 15 is 0 Å². The van der Waals surface area contributed by atoms with E-state index in [2.05, 4.69) is 4.98 Å². The first-order valence-electron chi connectivity index (χ1n) is 6.87. The standard InChI is InChI=1S/C13H22N4O2/c1-2-17(8-11-4-3-7-19-11)13(18)12-9-16(6-5-14)10-15-12/h9-11H,2-8,14H2,1H3. The van der Waals surface area contributed by atoms with Crippen molar-refractivity contribution in [3.63, 3.8) is 0 Å².